The molecule has 0 fully saturated rings. The number of esters is 1. The summed E-state index contributed by atoms with van der Waals surface area (Å²) >= 11 is 0. The fourth-order valence-corrected chi connectivity index (χ4v) is 2.46. The third kappa shape index (κ3) is 4.16. The van der Waals surface area contributed by atoms with Crippen LogP contribution in [0.2, 0.25) is 0 Å². The molecule has 0 aliphatic carbocycles. The molecule has 0 spiro atoms. The second-order valence-electron chi connectivity index (χ2n) is 5.46. The molecule has 0 atom stereocenters. The summed E-state index contributed by atoms with van der Waals surface area (Å²) in [6, 6.07) is 15.9. The van der Waals surface area contributed by atoms with Crippen molar-refractivity contribution in [3.05, 3.63) is 66.4 Å². The van der Waals surface area contributed by atoms with Gasteiger partial charge < -0.3 is 14.8 Å². The zero-order valence-electron chi connectivity index (χ0n) is 14.3. The number of nitrogens with one attached hydrogen (secondary N) is 1. The third-order valence-electron chi connectivity index (χ3n) is 3.64. The lowest BCUT2D eigenvalue weighted by atomic mass is 10.2. The molecule has 0 saturated heterocycles. The molecule has 1 amide bonds. The summed E-state index contributed by atoms with van der Waals surface area (Å²) in [7, 11) is 0. The van der Waals surface area contributed by atoms with E-state index in [-0.39, 0.29) is 19.1 Å². The first kappa shape index (κ1) is 17.4. The number of aromatic nitrogens is 1. The van der Waals surface area contributed by atoms with Crippen LogP contribution in [-0.2, 0) is 9.53 Å². The topological polar surface area (TPSA) is 77.5 Å². The van der Waals surface area contributed by atoms with Gasteiger partial charge in [0.05, 0.1) is 23.4 Å². The van der Waals surface area contributed by atoms with Crippen LogP contribution in [-0.4, -0.2) is 30.1 Å². The first-order valence-electron chi connectivity index (χ1n) is 8.21. The van der Waals surface area contributed by atoms with E-state index in [1.54, 1.807) is 43.5 Å². The summed E-state index contributed by atoms with van der Waals surface area (Å²) in [4.78, 5) is 28.4. The first-order chi connectivity index (χ1) is 12.7. The van der Waals surface area contributed by atoms with E-state index in [2.05, 4.69) is 10.3 Å². The molecule has 132 valence electrons. The number of ether oxygens (including phenoxy) is 2. The quantitative estimate of drug-likeness (QED) is 0.689. The smallest absolute Gasteiger partial charge is 0.340 e. The molecule has 3 rings (SSSR count). The molecule has 0 radical (unpaired) electrons. The fraction of sp³-hybridized carbons (Fsp3) is 0.150. The zero-order valence-corrected chi connectivity index (χ0v) is 14.3. The van der Waals surface area contributed by atoms with E-state index >= 15 is 0 Å². The van der Waals surface area contributed by atoms with E-state index in [0.29, 0.717) is 17.0 Å². The van der Waals surface area contributed by atoms with Crippen molar-refractivity contribution in [1.82, 2.24) is 4.98 Å². The maximum absolute atomic E-state index is 12.2. The SMILES string of the molecule is CCOC(=O)c1ccccc1NC(=O)COc1ccc2ncccc2c1. The molecule has 0 aliphatic rings. The van der Waals surface area contributed by atoms with Crippen molar-refractivity contribution in [3.8, 4) is 5.75 Å². The normalized spacial score (nSPS) is 10.3. The van der Waals surface area contributed by atoms with Gasteiger partial charge in [-0.1, -0.05) is 18.2 Å². The Balaban J connectivity index is 1.64. The highest BCUT2D eigenvalue weighted by molar-refractivity contribution is 6.01. The van der Waals surface area contributed by atoms with Gasteiger partial charge in [-0.3, -0.25) is 9.78 Å². The van der Waals surface area contributed by atoms with Gasteiger partial charge in [0.25, 0.3) is 5.91 Å². The number of para-hydroxylation sites is 1. The zero-order chi connectivity index (χ0) is 18.4. The minimum Gasteiger partial charge on any atom is -0.484 e. The number of hydrogen-bond acceptors (Lipinski definition) is 5. The van der Waals surface area contributed by atoms with Crippen LogP contribution in [0.5, 0.6) is 5.75 Å². The Bertz CT molecular complexity index is 940. The predicted molar refractivity (Wildman–Crippen MR) is 98.3 cm³/mol. The van der Waals surface area contributed by atoms with Gasteiger partial charge in [-0.05, 0) is 43.3 Å². The maximum atomic E-state index is 12.2. The molecule has 0 bridgehead atoms. The van der Waals surface area contributed by atoms with Crippen LogP contribution in [0.25, 0.3) is 10.9 Å². The Morgan fingerprint density at radius 1 is 1.08 bits per heavy atom. The number of hydrogen-bond donors (Lipinski definition) is 1. The van der Waals surface area contributed by atoms with Crippen molar-refractivity contribution in [2.24, 2.45) is 0 Å². The highest BCUT2D eigenvalue weighted by Gasteiger charge is 2.14. The Kier molecular flexibility index (Phi) is 5.43. The number of carbonyl (C=O) groups excluding carboxylic acids is 2. The van der Waals surface area contributed by atoms with Crippen molar-refractivity contribution in [3.63, 3.8) is 0 Å². The van der Waals surface area contributed by atoms with E-state index in [4.69, 9.17) is 9.47 Å². The lowest BCUT2D eigenvalue weighted by Gasteiger charge is -2.11. The maximum Gasteiger partial charge on any atom is 0.340 e. The number of pyridine rings is 1. The lowest BCUT2D eigenvalue weighted by Crippen LogP contribution is -2.22. The Labute approximate surface area is 150 Å². The molecular formula is C20H18N2O4. The first-order valence-corrected chi connectivity index (χ1v) is 8.21. The molecule has 1 heterocycles. The monoisotopic (exact) mass is 350 g/mol. The van der Waals surface area contributed by atoms with Crippen LogP contribution in [0.1, 0.15) is 17.3 Å². The van der Waals surface area contributed by atoms with Crippen LogP contribution >= 0.6 is 0 Å². The number of fused-ring (bicyclic) bond motifs is 1. The summed E-state index contributed by atoms with van der Waals surface area (Å²) < 4.78 is 10.5. The fourth-order valence-electron chi connectivity index (χ4n) is 2.46. The van der Waals surface area contributed by atoms with Gasteiger partial charge in [-0.2, -0.15) is 0 Å². The average molecular weight is 350 g/mol. The van der Waals surface area contributed by atoms with E-state index < -0.39 is 5.97 Å². The molecule has 1 aromatic heterocycles. The molecule has 1 N–H and O–H groups in total. The molecule has 3 aromatic rings. The van der Waals surface area contributed by atoms with Crippen LogP contribution in [0.15, 0.2) is 60.8 Å². The van der Waals surface area contributed by atoms with Crippen LogP contribution < -0.4 is 10.1 Å². The molecular weight excluding hydrogens is 332 g/mol. The minimum absolute atomic E-state index is 0.178. The summed E-state index contributed by atoms with van der Waals surface area (Å²) in [5.74, 6) is -0.279. The van der Waals surface area contributed by atoms with Crippen molar-refractivity contribution in [2.45, 2.75) is 6.92 Å². The van der Waals surface area contributed by atoms with Gasteiger partial charge in [0, 0.05) is 11.6 Å². The van der Waals surface area contributed by atoms with Crippen LogP contribution in [0, 0.1) is 0 Å². The second-order valence-corrected chi connectivity index (χ2v) is 5.46. The summed E-state index contributed by atoms with van der Waals surface area (Å²) in [5, 5.41) is 3.61. The minimum atomic E-state index is -0.480. The third-order valence-corrected chi connectivity index (χ3v) is 3.64. The highest BCUT2D eigenvalue weighted by atomic mass is 16.5. The van der Waals surface area contributed by atoms with Crippen LogP contribution in [0.4, 0.5) is 5.69 Å². The molecule has 0 saturated carbocycles. The van der Waals surface area contributed by atoms with Crippen molar-refractivity contribution >= 4 is 28.5 Å². The Hall–Kier alpha value is -3.41. The summed E-state index contributed by atoms with van der Waals surface area (Å²) in [6.45, 7) is 1.82. The van der Waals surface area contributed by atoms with Gasteiger partial charge in [0.1, 0.15) is 5.75 Å². The summed E-state index contributed by atoms with van der Waals surface area (Å²) in [5.41, 5.74) is 1.55. The number of nitrogens with zero attached hydrogens (tertiary/aromatic N) is 1. The lowest BCUT2D eigenvalue weighted by molar-refractivity contribution is -0.118. The molecule has 26 heavy (non-hydrogen) atoms. The van der Waals surface area contributed by atoms with Gasteiger partial charge in [-0.25, -0.2) is 4.79 Å². The standard InChI is InChI=1S/C20H18N2O4/c1-2-25-20(24)16-7-3-4-8-18(16)22-19(23)13-26-15-9-10-17-14(12-15)6-5-11-21-17/h3-12H,2,13H2,1H3,(H,22,23). The van der Waals surface area contributed by atoms with E-state index in [1.807, 2.05) is 24.3 Å². The van der Waals surface area contributed by atoms with E-state index in [1.165, 1.54) is 0 Å². The molecule has 6 heteroatoms. The van der Waals surface area contributed by atoms with Gasteiger partial charge in [0.15, 0.2) is 6.61 Å². The molecule has 2 aromatic carbocycles. The number of carbonyl (C=O) groups is 2. The number of rotatable bonds is 6. The van der Waals surface area contributed by atoms with Crippen LogP contribution in [0.3, 0.4) is 0 Å². The van der Waals surface area contributed by atoms with E-state index in [9.17, 15) is 9.59 Å². The molecule has 0 unspecified atom stereocenters. The number of amides is 1. The van der Waals surface area contributed by atoms with Crippen molar-refractivity contribution in [2.75, 3.05) is 18.5 Å². The highest BCUT2D eigenvalue weighted by Crippen LogP contribution is 2.19. The Morgan fingerprint density at radius 3 is 2.77 bits per heavy atom. The van der Waals surface area contributed by atoms with Crippen molar-refractivity contribution in [1.29, 1.82) is 0 Å². The second kappa shape index (κ2) is 8.11. The molecule has 0 aliphatic heterocycles. The predicted octanol–water partition coefficient (Wildman–Crippen LogP) is 3.43. The number of benzene rings is 2. The Morgan fingerprint density at radius 2 is 1.92 bits per heavy atom. The van der Waals surface area contributed by atoms with E-state index in [0.717, 1.165) is 10.9 Å². The largest absolute Gasteiger partial charge is 0.484 e. The molecule has 6 nitrogen and oxygen atoms in total. The van der Waals surface area contributed by atoms with Gasteiger partial charge >= 0.3 is 5.97 Å². The summed E-state index contributed by atoms with van der Waals surface area (Å²) in [6.07, 6.45) is 1.72. The van der Waals surface area contributed by atoms with Gasteiger partial charge in [-0.15, -0.1) is 0 Å². The average Bonchev–Trinajstić information content (AvgIpc) is 2.67. The van der Waals surface area contributed by atoms with Gasteiger partial charge in [0.2, 0.25) is 0 Å². The number of anilines is 1. The van der Waals surface area contributed by atoms with Crippen molar-refractivity contribution < 1.29 is 19.1 Å².